The largest absolute Gasteiger partial charge is 0.462 e. The minimum absolute atomic E-state index is 0.0630. The smallest absolute Gasteiger partial charge is 0.306 e. The van der Waals surface area contributed by atoms with Gasteiger partial charge < -0.3 is 14.2 Å². The van der Waals surface area contributed by atoms with E-state index in [4.69, 9.17) is 14.2 Å². The van der Waals surface area contributed by atoms with Crippen molar-refractivity contribution in [3.8, 4) is 0 Å². The molecule has 0 bridgehead atoms. The van der Waals surface area contributed by atoms with Crippen LogP contribution in [0, 0.1) is 0 Å². The Morgan fingerprint density at radius 3 is 0.633 bits per heavy atom. The Morgan fingerprint density at radius 1 is 0.241 bits per heavy atom. The topological polar surface area (TPSA) is 78.9 Å². The van der Waals surface area contributed by atoms with Crippen LogP contribution in [0.3, 0.4) is 0 Å². The summed E-state index contributed by atoms with van der Waals surface area (Å²) < 4.78 is 17.0. The normalized spacial score (nSPS) is 12.0. The molecule has 468 valence electrons. The molecule has 0 amide bonds. The Morgan fingerprint density at radius 2 is 0.418 bits per heavy atom. The van der Waals surface area contributed by atoms with E-state index in [2.05, 4.69) is 32.9 Å². The maximum atomic E-state index is 13.0. The fourth-order valence-electron chi connectivity index (χ4n) is 11.3. The number of carbonyl (C=O) groups is 3. The highest BCUT2D eigenvalue weighted by atomic mass is 16.6. The third-order valence-corrected chi connectivity index (χ3v) is 16.8. The molecule has 0 aromatic rings. The number of esters is 3. The van der Waals surface area contributed by atoms with Gasteiger partial charge in [0.2, 0.25) is 0 Å². The molecule has 1 unspecified atom stereocenters. The summed E-state index contributed by atoms with van der Waals surface area (Å²) in [5.41, 5.74) is 0. The van der Waals surface area contributed by atoms with Crippen molar-refractivity contribution in [1.82, 2.24) is 0 Å². The van der Waals surface area contributed by atoms with Crippen molar-refractivity contribution >= 4 is 17.9 Å². The highest BCUT2D eigenvalue weighted by Crippen LogP contribution is 2.19. The molecule has 0 rings (SSSR count). The highest BCUT2D eigenvalue weighted by Gasteiger charge is 2.20. The zero-order valence-electron chi connectivity index (χ0n) is 53.9. The van der Waals surface area contributed by atoms with E-state index in [1.54, 1.807) is 0 Å². The van der Waals surface area contributed by atoms with Gasteiger partial charge in [-0.3, -0.25) is 14.4 Å². The van der Waals surface area contributed by atoms with Gasteiger partial charge in [-0.15, -0.1) is 0 Å². The third kappa shape index (κ3) is 66.8. The molecule has 0 aliphatic carbocycles. The third-order valence-electron chi connectivity index (χ3n) is 16.8. The summed E-state index contributed by atoms with van der Waals surface area (Å²) in [6.07, 6.45) is 82.5. The summed E-state index contributed by atoms with van der Waals surface area (Å²) in [6, 6.07) is 0. The van der Waals surface area contributed by atoms with E-state index in [9.17, 15) is 14.4 Å². The van der Waals surface area contributed by atoms with Gasteiger partial charge in [-0.2, -0.15) is 0 Å². The Hall–Kier alpha value is -1.85. The number of rotatable bonds is 68. The van der Waals surface area contributed by atoms with E-state index in [-0.39, 0.29) is 31.1 Å². The summed E-state index contributed by atoms with van der Waals surface area (Å²) in [7, 11) is 0. The molecule has 0 saturated heterocycles. The maximum Gasteiger partial charge on any atom is 0.306 e. The van der Waals surface area contributed by atoms with E-state index in [1.807, 2.05) is 0 Å². The summed E-state index contributed by atoms with van der Waals surface area (Å²) in [5, 5.41) is 0. The van der Waals surface area contributed by atoms with Crippen molar-refractivity contribution in [2.75, 3.05) is 13.2 Å². The van der Waals surface area contributed by atoms with Crippen molar-refractivity contribution in [3.05, 3.63) is 12.2 Å². The Balaban J connectivity index is 4.20. The molecule has 0 radical (unpaired) electrons. The molecule has 6 heteroatoms. The number of unbranched alkanes of at least 4 members (excludes halogenated alkanes) is 55. The van der Waals surface area contributed by atoms with Gasteiger partial charge in [-0.05, 0) is 44.9 Å². The van der Waals surface area contributed by atoms with Gasteiger partial charge in [0, 0.05) is 19.3 Å². The Bertz CT molecular complexity index is 1230. The van der Waals surface area contributed by atoms with Crippen LogP contribution in [0.25, 0.3) is 0 Å². The lowest BCUT2D eigenvalue weighted by Crippen LogP contribution is -2.30. The van der Waals surface area contributed by atoms with Crippen LogP contribution in [-0.2, 0) is 28.6 Å². The van der Waals surface area contributed by atoms with Gasteiger partial charge in [-0.1, -0.05) is 367 Å². The van der Waals surface area contributed by atoms with E-state index in [1.165, 1.54) is 321 Å². The lowest BCUT2D eigenvalue weighted by atomic mass is 10.0. The molecule has 0 aromatic carbocycles. The van der Waals surface area contributed by atoms with Crippen LogP contribution < -0.4 is 0 Å². The van der Waals surface area contributed by atoms with Gasteiger partial charge in [0.05, 0.1) is 0 Å². The molecule has 0 N–H and O–H groups in total. The first-order valence-electron chi connectivity index (χ1n) is 36.2. The van der Waals surface area contributed by atoms with Crippen LogP contribution in [-0.4, -0.2) is 37.2 Å². The van der Waals surface area contributed by atoms with Crippen LogP contribution in [0.4, 0.5) is 0 Å². The molecule has 0 fully saturated rings. The van der Waals surface area contributed by atoms with Gasteiger partial charge in [0.15, 0.2) is 6.10 Å². The van der Waals surface area contributed by atoms with Crippen molar-refractivity contribution in [2.24, 2.45) is 0 Å². The molecule has 6 nitrogen and oxygen atoms in total. The minimum atomic E-state index is -0.767. The lowest BCUT2D eigenvalue weighted by Gasteiger charge is -2.18. The van der Waals surface area contributed by atoms with E-state index in [0.29, 0.717) is 19.3 Å². The Labute approximate surface area is 494 Å². The molecular weight excluding hydrogens is 973 g/mol. The van der Waals surface area contributed by atoms with E-state index < -0.39 is 6.10 Å². The molecule has 0 heterocycles. The number of allylic oxidation sites excluding steroid dienone is 2. The van der Waals surface area contributed by atoms with Crippen molar-refractivity contribution in [2.45, 2.75) is 425 Å². The predicted molar refractivity (Wildman–Crippen MR) is 344 cm³/mol. The molecule has 0 spiro atoms. The van der Waals surface area contributed by atoms with Gasteiger partial charge in [0.25, 0.3) is 0 Å². The fraction of sp³-hybridized carbons (Fsp3) is 0.932. The standard InChI is InChI=1S/C73H140O6/c1-4-7-10-13-16-19-22-25-27-29-31-33-35-36-38-39-41-43-45-48-51-54-57-60-63-66-72(75)78-69-70(68-77-71(74)65-62-59-56-53-50-47-24-21-18-15-12-9-6-3)79-73(76)67-64-61-58-55-52-49-46-44-42-40-37-34-32-30-28-26-23-20-17-14-11-8-5-2/h30,32,70H,4-29,31,33-69H2,1-3H3/b32-30-. The quantitative estimate of drug-likeness (QED) is 0.0261. The van der Waals surface area contributed by atoms with Crippen LogP contribution in [0.1, 0.15) is 419 Å². The number of hydrogen-bond donors (Lipinski definition) is 0. The fourth-order valence-corrected chi connectivity index (χ4v) is 11.3. The van der Waals surface area contributed by atoms with Gasteiger partial charge in [0.1, 0.15) is 13.2 Å². The zero-order chi connectivity index (χ0) is 57.1. The van der Waals surface area contributed by atoms with Crippen LogP contribution >= 0.6 is 0 Å². The summed E-state index contributed by atoms with van der Waals surface area (Å²) in [4.78, 5) is 38.4. The summed E-state index contributed by atoms with van der Waals surface area (Å²) >= 11 is 0. The average Bonchev–Trinajstić information content (AvgIpc) is 3.45. The molecule has 0 aliphatic heterocycles. The van der Waals surface area contributed by atoms with Crippen LogP contribution in [0.2, 0.25) is 0 Å². The zero-order valence-corrected chi connectivity index (χ0v) is 53.9. The SMILES string of the molecule is CCCCCCCCCC/C=C\CCCCCCCCCCCCCC(=O)OC(COC(=O)CCCCCCCCCCCCCCC)COC(=O)CCCCCCCCCCCCCCCCCCCCCCCCCCC. The van der Waals surface area contributed by atoms with E-state index in [0.717, 1.165) is 57.8 Å². The van der Waals surface area contributed by atoms with Gasteiger partial charge >= 0.3 is 17.9 Å². The van der Waals surface area contributed by atoms with Crippen molar-refractivity contribution in [3.63, 3.8) is 0 Å². The van der Waals surface area contributed by atoms with Crippen molar-refractivity contribution < 1.29 is 28.6 Å². The average molecular weight is 1110 g/mol. The second-order valence-electron chi connectivity index (χ2n) is 24.9. The second-order valence-corrected chi connectivity index (χ2v) is 24.9. The predicted octanol–water partition coefficient (Wildman–Crippen LogP) is 24.8. The van der Waals surface area contributed by atoms with Crippen LogP contribution in [0.15, 0.2) is 12.2 Å². The first-order valence-corrected chi connectivity index (χ1v) is 36.2. The van der Waals surface area contributed by atoms with Crippen molar-refractivity contribution in [1.29, 1.82) is 0 Å². The molecule has 1 atom stereocenters. The first kappa shape index (κ1) is 77.2. The second kappa shape index (κ2) is 68.6. The summed E-state index contributed by atoms with van der Waals surface area (Å²) in [5.74, 6) is -0.827. The first-order chi connectivity index (χ1) is 39.0. The lowest BCUT2D eigenvalue weighted by molar-refractivity contribution is -0.167. The Kier molecular flexibility index (Phi) is 67.0. The molecule has 0 aliphatic rings. The number of carbonyl (C=O) groups excluding carboxylic acids is 3. The van der Waals surface area contributed by atoms with Crippen LogP contribution in [0.5, 0.6) is 0 Å². The molecule has 0 aromatic heterocycles. The monoisotopic (exact) mass is 1110 g/mol. The number of ether oxygens (including phenoxy) is 3. The summed E-state index contributed by atoms with van der Waals surface area (Å²) in [6.45, 7) is 6.73. The molecule has 0 saturated carbocycles. The molecular formula is C73H140O6. The van der Waals surface area contributed by atoms with Gasteiger partial charge in [-0.25, -0.2) is 0 Å². The highest BCUT2D eigenvalue weighted by molar-refractivity contribution is 5.71. The maximum absolute atomic E-state index is 13.0. The number of hydrogen-bond acceptors (Lipinski definition) is 6. The minimum Gasteiger partial charge on any atom is -0.462 e. The molecule has 79 heavy (non-hydrogen) atoms. The van der Waals surface area contributed by atoms with E-state index >= 15 is 0 Å².